The molecule has 2 fully saturated rings. The molecule has 2 saturated carbocycles. The molecule has 0 heterocycles. The smallest absolute Gasteiger partial charge is 0.0441 e. The Kier molecular flexibility index (Phi) is 9.97. The van der Waals surface area contributed by atoms with Crippen molar-refractivity contribution in [2.24, 2.45) is 17.8 Å². The summed E-state index contributed by atoms with van der Waals surface area (Å²) in [6.07, 6.45) is 25.8. The van der Waals surface area contributed by atoms with E-state index in [1.54, 1.807) is 0 Å². The Bertz CT molecular complexity index is 765. The summed E-state index contributed by atoms with van der Waals surface area (Å²) in [6.45, 7) is 6.89. The van der Waals surface area contributed by atoms with Crippen LogP contribution in [-0.4, -0.2) is 0 Å². The van der Waals surface area contributed by atoms with E-state index < -0.39 is 0 Å². The van der Waals surface area contributed by atoms with Crippen molar-refractivity contribution in [3.05, 3.63) is 70.3 Å². The molecule has 1 heteroatoms. The zero-order chi connectivity index (χ0) is 22.1. The summed E-state index contributed by atoms with van der Waals surface area (Å²) in [5.41, 5.74) is 4.21. The number of hydrogen-bond donors (Lipinski definition) is 0. The van der Waals surface area contributed by atoms with Crippen molar-refractivity contribution in [1.29, 1.82) is 0 Å². The van der Waals surface area contributed by atoms with Crippen molar-refractivity contribution in [2.75, 3.05) is 0 Å². The molecule has 0 aromatic heterocycles. The van der Waals surface area contributed by atoms with Crippen molar-refractivity contribution in [3.63, 3.8) is 0 Å². The third-order valence-corrected chi connectivity index (χ3v) is 7.72. The van der Waals surface area contributed by atoms with Gasteiger partial charge >= 0.3 is 0 Å². The number of halogens is 1. The highest BCUT2D eigenvalue weighted by molar-refractivity contribution is 6.31. The summed E-state index contributed by atoms with van der Waals surface area (Å²) in [6, 6.07) is 6.79. The van der Waals surface area contributed by atoms with E-state index in [0.717, 1.165) is 29.2 Å². The molecule has 3 atom stereocenters. The fraction of sp³-hybridized carbons (Fsp3) is 0.600. The van der Waals surface area contributed by atoms with E-state index in [2.05, 4.69) is 69.4 Å². The van der Waals surface area contributed by atoms with E-state index in [4.69, 9.17) is 11.6 Å². The molecule has 170 valence electrons. The maximum Gasteiger partial charge on any atom is 0.0441 e. The van der Waals surface area contributed by atoms with Crippen LogP contribution in [0.5, 0.6) is 0 Å². The second-order valence-electron chi connectivity index (χ2n) is 10.2. The third kappa shape index (κ3) is 8.30. The van der Waals surface area contributed by atoms with Crippen LogP contribution in [-0.2, 0) is 6.42 Å². The third-order valence-electron chi connectivity index (χ3n) is 7.35. The van der Waals surface area contributed by atoms with Crippen LogP contribution >= 0.6 is 11.6 Å². The molecule has 1 aromatic rings. The molecule has 2 aliphatic carbocycles. The Balaban J connectivity index is 1.57. The summed E-state index contributed by atoms with van der Waals surface area (Å²) < 4.78 is 0. The Hall–Kier alpha value is -1.27. The molecule has 0 saturated heterocycles. The molecular formula is C30H43Cl. The minimum atomic E-state index is 0.700. The van der Waals surface area contributed by atoms with Crippen molar-refractivity contribution in [3.8, 4) is 0 Å². The fourth-order valence-corrected chi connectivity index (χ4v) is 5.54. The predicted octanol–water partition coefficient (Wildman–Crippen LogP) is 9.84. The molecule has 1 aromatic carbocycles. The first kappa shape index (κ1) is 24.4. The molecule has 31 heavy (non-hydrogen) atoms. The second-order valence-corrected chi connectivity index (χ2v) is 10.6. The minimum Gasteiger partial charge on any atom is -0.0874 e. The minimum absolute atomic E-state index is 0.700. The maximum atomic E-state index is 6.57. The van der Waals surface area contributed by atoms with E-state index in [9.17, 15) is 0 Å². The quantitative estimate of drug-likeness (QED) is 0.238. The van der Waals surface area contributed by atoms with Crippen molar-refractivity contribution >= 4 is 11.6 Å². The van der Waals surface area contributed by atoms with Gasteiger partial charge in [-0.05, 0) is 91.9 Å². The van der Waals surface area contributed by atoms with Gasteiger partial charge in [-0.15, -0.1) is 0 Å². The van der Waals surface area contributed by atoms with E-state index in [-0.39, 0.29) is 0 Å². The SMILES string of the molecule is C\C=C/C(=C\C=C\Cc1cc([C@H]2C[C@@H](C)C[C@@H](CC)C2)ccc1Cl)CCCCC1CC1. The van der Waals surface area contributed by atoms with Crippen LogP contribution in [0, 0.1) is 17.8 Å². The average Bonchev–Trinajstić information content (AvgIpc) is 3.59. The van der Waals surface area contributed by atoms with E-state index in [1.165, 1.54) is 80.9 Å². The fourth-order valence-electron chi connectivity index (χ4n) is 5.35. The Morgan fingerprint density at radius 1 is 1.10 bits per heavy atom. The zero-order valence-corrected chi connectivity index (χ0v) is 20.8. The lowest BCUT2D eigenvalue weighted by molar-refractivity contribution is 0.247. The van der Waals surface area contributed by atoms with Gasteiger partial charge in [0, 0.05) is 5.02 Å². The van der Waals surface area contributed by atoms with E-state index in [0.29, 0.717) is 5.92 Å². The van der Waals surface area contributed by atoms with Crippen molar-refractivity contribution < 1.29 is 0 Å². The highest BCUT2D eigenvalue weighted by atomic mass is 35.5. The van der Waals surface area contributed by atoms with Crippen LogP contribution in [0.3, 0.4) is 0 Å². The molecule has 0 unspecified atom stereocenters. The molecule has 2 aliphatic rings. The summed E-state index contributed by atoms with van der Waals surface area (Å²) in [5.74, 6) is 3.47. The van der Waals surface area contributed by atoms with Crippen LogP contribution in [0.4, 0.5) is 0 Å². The number of hydrogen-bond acceptors (Lipinski definition) is 0. The molecule has 0 nitrogen and oxygen atoms in total. The van der Waals surface area contributed by atoms with Crippen LogP contribution < -0.4 is 0 Å². The van der Waals surface area contributed by atoms with Gasteiger partial charge in [0.25, 0.3) is 0 Å². The van der Waals surface area contributed by atoms with Crippen LogP contribution in [0.2, 0.25) is 5.02 Å². The molecular weight excluding hydrogens is 396 g/mol. The topological polar surface area (TPSA) is 0 Å². The maximum absolute atomic E-state index is 6.57. The predicted molar refractivity (Wildman–Crippen MR) is 138 cm³/mol. The Morgan fingerprint density at radius 2 is 1.94 bits per heavy atom. The second kappa shape index (κ2) is 12.7. The monoisotopic (exact) mass is 438 g/mol. The molecule has 0 radical (unpaired) electrons. The molecule has 0 amide bonds. The first-order valence-electron chi connectivity index (χ1n) is 12.9. The van der Waals surface area contributed by atoms with Crippen LogP contribution in [0.15, 0.2) is 54.2 Å². The lowest BCUT2D eigenvalue weighted by Crippen LogP contribution is -2.19. The molecule has 0 spiro atoms. The van der Waals surface area contributed by atoms with Gasteiger partial charge in [-0.3, -0.25) is 0 Å². The zero-order valence-electron chi connectivity index (χ0n) is 20.1. The summed E-state index contributed by atoms with van der Waals surface area (Å²) in [7, 11) is 0. The first-order chi connectivity index (χ1) is 15.1. The van der Waals surface area contributed by atoms with E-state index in [1.807, 2.05) is 0 Å². The van der Waals surface area contributed by atoms with Gasteiger partial charge in [0.1, 0.15) is 0 Å². The highest BCUT2D eigenvalue weighted by Crippen LogP contribution is 2.41. The molecule has 0 N–H and O–H groups in total. The van der Waals surface area contributed by atoms with Gasteiger partial charge in [-0.2, -0.15) is 0 Å². The number of benzene rings is 1. The number of unbranched alkanes of at least 4 members (excludes halogenated alkanes) is 1. The van der Waals surface area contributed by atoms with Gasteiger partial charge in [0.05, 0.1) is 0 Å². The van der Waals surface area contributed by atoms with Crippen molar-refractivity contribution in [1.82, 2.24) is 0 Å². The van der Waals surface area contributed by atoms with Gasteiger partial charge in [0.2, 0.25) is 0 Å². The summed E-state index contributed by atoms with van der Waals surface area (Å²) in [5, 5.41) is 0.905. The largest absolute Gasteiger partial charge is 0.0874 e. The standard InChI is InChI=1S/C30H43Cl/c1-4-10-25(11-6-7-13-26-15-16-26)12-8-9-14-28-22-27(17-18-30(28)31)29-20-23(3)19-24(5-2)21-29/h4,8-10,12,17-18,22-24,26,29H,5-7,11,13-16,19-21H2,1-3H3/b9-8+,10-4-,25-12+/t23-,24+,29-/m0/s1. The highest BCUT2D eigenvalue weighted by Gasteiger charge is 2.26. The van der Waals surface area contributed by atoms with Crippen molar-refractivity contribution in [2.45, 2.75) is 97.3 Å². The lowest BCUT2D eigenvalue weighted by atomic mass is 9.72. The molecule has 0 bridgehead atoms. The Morgan fingerprint density at radius 3 is 2.68 bits per heavy atom. The van der Waals surface area contributed by atoms with Gasteiger partial charge in [-0.25, -0.2) is 0 Å². The summed E-state index contributed by atoms with van der Waals surface area (Å²) >= 11 is 6.57. The first-order valence-corrected chi connectivity index (χ1v) is 13.2. The molecule has 3 rings (SSSR count). The molecule has 0 aliphatic heterocycles. The normalized spacial score (nSPS) is 25.0. The number of allylic oxidation sites excluding steroid dienone is 6. The van der Waals surface area contributed by atoms with Crippen LogP contribution in [0.1, 0.15) is 102 Å². The average molecular weight is 439 g/mol. The van der Waals surface area contributed by atoms with Crippen LogP contribution in [0.25, 0.3) is 0 Å². The van der Waals surface area contributed by atoms with Gasteiger partial charge < -0.3 is 0 Å². The number of rotatable bonds is 11. The lowest BCUT2D eigenvalue weighted by Gasteiger charge is -2.33. The van der Waals surface area contributed by atoms with Gasteiger partial charge in [0.15, 0.2) is 0 Å². The summed E-state index contributed by atoms with van der Waals surface area (Å²) in [4.78, 5) is 0. The van der Waals surface area contributed by atoms with E-state index >= 15 is 0 Å². The Labute approximate surface area is 196 Å². The van der Waals surface area contributed by atoms with Gasteiger partial charge in [-0.1, -0.05) is 100 Å².